The molecule has 6 heteroatoms. The molecule has 0 spiro atoms. The summed E-state index contributed by atoms with van der Waals surface area (Å²) in [6.07, 6.45) is 8.69. The molecule has 150 valence electrons. The predicted molar refractivity (Wildman–Crippen MR) is 115 cm³/mol. The number of fused-ring (bicyclic) bond motifs is 2. The molecule has 3 aromatic rings. The Bertz CT molecular complexity index is 963. The molecule has 5 nitrogen and oxygen atoms in total. The monoisotopic (exact) mass is 407 g/mol. The van der Waals surface area contributed by atoms with Crippen molar-refractivity contribution in [3.8, 4) is 0 Å². The van der Waals surface area contributed by atoms with Crippen molar-refractivity contribution in [1.82, 2.24) is 24.8 Å². The van der Waals surface area contributed by atoms with Gasteiger partial charge in [0.05, 0.1) is 18.1 Å². The highest BCUT2D eigenvalue weighted by Gasteiger charge is 2.32. The lowest BCUT2D eigenvalue weighted by Crippen LogP contribution is -2.48. The van der Waals surface area contributed by atoms with Crippen LogP contribution < -0.4 is 0 Å². The molecule has 2 aromatic heterocycles. The van der Waals surface area contributed by atoms with Gasteiger partial charge in [0, 0.05) is 62.3 Å². The van der Waals surface area contributed by atoms with Crippen molar-refractivity contribution in [2.45, 2.75) is 25.3 Å². The van der Waals surface area contributed by atoms with E-state index >= 15 is 0 Å². The lowest BCUT2D eigenvalue weighted by Gasteiger charge is -2.39. The molecule has 1 unspecified atom stereocenters. The minimum Gasteiger partial charge on any atom is -0.348 e. The molecule has 0 saturated carbocycles. The summed E-state index contributed by atoms with van der Waals surface area (Å²) in [7, 11) is 0. The van der Waals surface area contributed by atoms with Crippen LogP contribution in [0.3, 0.4) is 0 Å². The van der Waals surface area contributed by atoms with E-state index in [4.69, 9.17) is 16.6 Å². The van der Waals surface area contributed by atoms with Crippen LogP contribution >= 0.6 is 11.6 Å². The Labute approximate surface area is 176 Å². The predicted octanol–water partition coefficient (Wildman–Crippen LogP) is 3.51. The number of aryl methyl sites for hydroxylation is 2. The second kappa shape index (κ2) is 8.27. The van der Waals surface area contributed by atoms with Gasteiger partial charge >= 0.3 is 0 Å². The summed E-state index contributed by atoms with van der Waals surface area (Å²) in [4.78, 5) is 17.3. The first-order valence-electron chi connectivity index (χ1n) is 10.4. The molecule has 5 rings (SSSR count). The van der Waals surface area contributed by atoms with E-state index < -0.39 is 0 Å². The number of aromatic amines is 1. The SMILES string of the molecule is Clc1ccc2c(c1)CCc1cccnc1C2N1CCN(CCc2cnc[nH]2)CC1. The van der Waals surface area contributed by atoms with Crippen LogP contribution in [0.5, 0.6) is 0 Å². The fourth-order valence-electron chi connectivity index (χ4n) is 4.70. The Morgan fingerprint density at radius 1 is 1.07 bits per heavy atom. The van der Waals surface area contributed by atoms with E-state index in [-0.39, 0.29) is 6.04 Å². The zero-order chi connectivity index (χ0) is 19.6. The van der Waals surface area contributed by atoms with Crippen LogP contribution in [0.2, 0.25) is 5.02 Å². The first-order valence-corrected chi connectivity index (χ1v) is 10.8. The summed E-state index contributed by atoms with van der Waals surface area (Å²) in [6.45, 7) is 5.32. The number of benzene rings is 1. The maximum atomic E-state index is 6.33. The Morgan fingerprint density at radius 3 is 2.76 bits per heavy atom. The quantitative estimate of drug-likeness (QED) is 0.719. The Balaban J connectivity index is 1.36. The number of hydrogen-bond acceptors (Lipinski definition) is 4. The van der Waals surface area contributed by atoms with E-state index in [1.807, 2.05) is 18.5 Å². The van der Waals surface area contributed by atoms with Crippen molar-refractivity contribution in [3.63, 3.8) is 0 Å². The number of H-pyrrole nitrogens is 1. The summed E-state index contributed by atoms with van der Waals surface area (Å²) < 4.78 is 0. The van der Waals surface area contributed by atoms with Gasteiger partial charge < -0.3 is 9.88 Å². The first-order chi connectivity index (χ1) is 14.3. The number of rotatable bonds is 4. The molecule has 1 atom stereocenters. The number of nitrogens with zero attached hydrogens (tertiary/aromatic N) is 4. The van der Waals surface area contributed by atoms with E-state index in [0.717, 1.165) is 57.0 Å². The molecule has 0 amide bonds. The number of halogens is 1. The van der Waals surface area contributed by atoms with Crippen molar-refractivity contribution in [3.05, 3.63) is 82.2 Å². The molecule has 2 aliphatic rings. The molecule has 0 bridgehead atoms. The molecule has 1 N–H and O–H groups in total. The van der Waals surface area contributed by atoms with Crippen LogP contribution in [0, 0.1) is 0 Å². The van der Waals surface area contributed by atoms with Gasteiger partial charge in [0.2, 0.25) is 0 Å². The van der Waals surface area contributed by atoms with E-state index in [2.05, 4.69) is 44.0 Å². The normalized spacial score (nSPS) is 20.1. The molecule has 0 radical (unpaired) electrons. The van der Waals surface area contributed by atoms with Crippen molar-refractivity contribution in [2.24, 2.45) is 0 Å². The molecular weight excluding hydrogens is 382 g/mol. The lowest BCUT2D eigenvalue weighted by molar-refractivity contribution is 0.108. The second-order valence-electron chi connectivity index (χ2n) is 8.00. The third-order valence-electron chi connectivity index (χ3n) is 6.27. The first kappa shape index (κ1) is 18.8. The topological polar surface area (TPSA) is 48.1 Å². The standard InChI is InChI=1S/C23H26ClN5/c24-19-5-6-21-18(14-19)4-3-17-2-1-8-26-22(17)23(21)29-12-10-28(11-13-29)9-7-20-15-25-16-27-20/h1-2,5-6,8,14-16,23H,3-4,7,9-13H2,(H,25,27). The van der Waals surface area contributed by atoms with Gasteiger partial charge in [-0.15, -0.1) is 0 Å². The molecule has 29 heavy (non-hydrogen) atoms. The third-order valence-corrected chi connectivity index (χ3v) is 6.51. The minimum atomic E-state index is 0.218. The van der Waals surface area contributed by atoms with Gasteiger partial charge in [-0.3, -0.25) is 9.88 Å². The largest absolute Gasteiger partial charge is 0.348 e. The smallest absolute Gasteiger partial charge is 0.0921 e. The number of hydrogen-bond donors (Lipinski definition) is 1. The van der Waals surface area contributed by atoms with Crippen LogP contribution in [-0.2, 0) is 19.3 Å². The summed E-state index contributed by atoms with van der Waals surface area (Å²) in [5.74, 6) is 0. The van der Waals surface area contributed by atoms with Gasteiger partial charge in [-0.25, -0.2) is 4.98 Å². The van der Waals surface area contributed by atoms with Crippen molar-refractivity contribution < 1.29 is 0 Å². The van der Waals surface area contributed by atoms with Crippen molar-refractivity contribution in [2.75, 3.05) is 32.7 Å². The number of pyridine rings is 1. The highest BCUT2D eigenvalue weighted by atomic mass is 35.5. The van der Waals surface area contributed by atoms with E-state index in [0.29, 0.717) is 0 Å². The molecule has 1 fully saturated rings. The number of aromatic nitrogens is 3. The number of piperazine rings is 1. The average Bonchev–Trinajstić information content (AvgIpc) is 3.22. The van der Waals surface area contributed by atoms with E-state index in [1.165, 1.54) is 28.1 Å². The Kier molecular flexibility index (Phi) is 5.36. The van der Waals surface area contributed by atoms with Crippen LogP contribution in [0.1, 0.15) is 34.1 Å². The summed E-state index contributed by atoms with van der Waals surface area (Å²) in [5.41, 5.74) is 6.53. The van der Waals surface area contributed by atoms with Gasteiger partial charge in [-0.1, -0.05) is 23.7 Å². The van der Waals surface area contributed by atoms with Gasteiger partial charge in [0.15, 0.2) is 0 Å². The van der Waals surface area contributed by atoms with Gasteiger partial charge in [0.1, 0.15) is 0 Å². The maximum absolute atomic E-state index is 6.33. The molecule has 1 aromatic carbocycles. The fourth-order valence-corrected chi connectivity index (χ4v) is 4.89. The highest BCUT2D eigenvalue weighted by Crippen LogP contribution is 2.37. The average molecular weight is 408 g/mol. The highest BCUT2D eigenvalue weighted by molar-refractivity contribution is 6.30. The van der Waals surface area contributed by atoms with Gasteiger partial charge in [-0.05, 0) is 47.7 Å². The lowest BCUT2D eigenvalue weighted by atomic mass is 9.96. The van der Waals surface area contributed by atoms with E-state index in [9.17, 15) is 0 Å². The van der Waals surface area contributed by atoms with Crippen LogP contribution in [0.15, 0.2) is 49.1 Å². The number of nitrogens with one attached hydrogen (secondary N) is 1. The molecule has 1 aliphatic heterocycles. The van der Waals surface area contributed by atoms with Crippen molar-refractivity contribution in [1.29, 1.82) is 0 Å². The molecule has 1 saturated heterocycles. The minimum absolute atomic E-state index is 0.218. The van der Waals surface area contributed by atoms with Crippen LogP contribution in [-0.4, -0.2) is 57.5 Å². The van der Waals surface area contributed by atoms with E-state index in [1.54, 1.807) is 6.33 Å². The van der Waals surface area contributed by atoms with Crippen molar-refractivity contribution >= 4 is 11.6 Å². The molecular formula is C23H26ClN5. The number of imidazole rings is 1. The summed E-state index contributed by atoms with van der Waals surface area (Å²) >= 11 is 6.33. The fraction of sp³-hybridized carbons (Fsp3) is 0.391. The Hall–Kier alpha value is -2.21. The third kappa shape index (κ3) is 3.95. The van der Waals surface area contributed by atoms with Crippen LogP contribution in [0.25, 0.3) is 0 Å². The summed E-state index contributed by atoms with van der Waals surface area (Å²) in [6, 6.07) is 10.9. The Morgan fingerprint density at radius 2 is 1.93 bits per heavy atom. The molecule has 3 heterocycles. The summed E-state index contributed by atoms with van der Waals surface area (Å²) in [5, 5.41) is 0.824. The van der Waals surface area contributed by atoms with Gasteiger partial charge in [-0.2, -0.15) is 0 Å². The van der Waals surface area contributed by atoms with Gasteiger partial charge in [0.25, 0.3) is 0 Å². The van der Waals surface area contributed by atoms with Crippen LogP contribution in [0.4, 0.5) is 0 Å². The second-order valence-corrected chi connectivity index (χ2v) is 8.43. The zero-order valence-electron chi connectivity index (χ0n) is 16.5. The maximum Gasteiger partial charge on any atom is 0.0921 e. The molecule has 1 aliphatic carbocycles. The zero-order valence-corrected chi connectivity index (χ0v) is 17.3.